The van der Waals surface area contributed by atoms with Gasteiger partial charge in [0.2, 0.25) is 0 Å². The number of hydrogen-bond donors (Lipinski definition) is 0. The molecule has 0 bridgehead atoms. The first-order valence-electron chi connectivity index (χ1n) is 6.85. The molecule has 3 heteroatoms. The van der Waals surface area contributed by atoms with Crippen LogP contribution in [0.5, 0.6) is 0 Å². The molecule has 106 valence electrons. The van der Waals surface area contributed by atoms with Crippen LogP contribution in [0, 0.1) is 11.8 Å². The van der Waals surface area contributed by atoms with Crippen molar-refractivity contribution in [1.82, 2.24) is 9.80 Å². The lowest BCUT2D eigenvalue weighted by Crippen LogP contribution is -2.30. The van der Waals surface area contributed by atoms with Gasteiger partial charge in [-0.05, 0) is 24.8 Å². The van der Waals surface area contributed by atoms with Gasteiger partial charge in [0, 0.05) is 39.9 Å². The fraction of sp³-hybridized carbons (Fsp3) is 0.800. The van der Waals surface area contributed by atoms with Crippen molar-refractivity contribution in [1.29, 1.82) is 0 Å². The Morgan fingerprint density at radius 1 is 1.06 bits per heavy atom. The van der Waals surface area contributed by atoms with Gasteiger partial charge in [0.25, 0.3) is 0 Å². The van der Waals surface area contributed by atoms with Crippen molar-refractivity contribution in [3.8, 4) is 0 Å². The number of hydrogen-bond acceptors (Lipinski definition) is 2. The van der Waals surface area contributed by atoms with Crippen molar-refractivity contribution in [3.05, 3.63) is 11.8 Å². The largest absolute Gasteiger partial charge is 0.381 e. The van der Waals surface area contributed by atoms with Crippen LogP contribution in [0.2, 0.25) is 0 Å². The minimum absolute atomic E-state index is 0.598. The number of likely N-dealkylation sites (N-methyl/N-ethyl adjacent to an activating group) is 1. The Bertz CT molecular complexity index is 288. The molecule has 0 rings (SSSR count). The van der Waals surface area contributed by atoms with E-state index in [9.17, 15) is 0 Å². The molecular weight excluding hydrogens is 222 g/mol. The Morgan fingerprint density at radius 2 is 1.61 bits per heavy atom. The van der Waals surface area contributed by atoms with E-state index in [1.54, 1.807) is 0 Å². The Hall–Kier alpha value is -0.990. The molecule has 0 unspecified atom stereocenters. The molecule has 0 aliphatic heterocycles. The van der Waals surface area contributed by atoms with Crippen LogP contribution in [0.4, 0.5) is 0 Å². The lowest BCUT2D eigenvalue weighted by Gasteiger charge is -2.23. The maximum atomic E-state index is 4.74. The van der Waals surface area contributed by atoms with Gasteiger partial charge in [-0.25, -0.2) is 0 Å². The maximum absolute atomic E-state index is 4.74. The first kappa shape index (κ1) is 17.0. The molecule has 0 aromatic rings. The number of nitrogens with zero attached hydrogens (tertiary/aromatic N) is 3. The summed E-state index contributed by atoms with van der Waals surface area (Å²) >= 11 is 0. The van der Waals surface area contributed by atoms with Crippen LogP contribution in [0.3, 0.4) is 0 Å². The summed E-state index contributed by atoms with van der Waals surface area (Å²) in [6, 6.07) is 0. The number of amidine groups is 1. The molecule has 0 spiro atoms. The van der Waals surface area contributed by atoms with Gasteiger partial charge in [-0.3, -0.25) is 4.99 Å². The molecule has 0 fully saturated rings. The summed E-state index contributed by atoms with van der Waals surface area (Å²) in [5, 5.41) is 0. The van der Waals surface area contributed by atoms with Crippen molar-refractivity contribution in [2.75, 3.05) is 34.2 Å². The molecule has 0 aliphatic rings. The molecule has 18 heavy (non-hydrogen) atoms. The third-order valence-corrected chi connectivity index (χ3v) is 2.69. The van der Waals surface area contributed by atoms with Crippen LogP contribution >= 0.6 is 0 Å². The Kier molecular flexibility index (Phi) is 7.72. The van der Waals surface area contributed by atoms with E-state index in [2.05, 4.69) is 71.6 Å². The maximum Gasteiger partial charge on any atom is 0.124 e. The van der Waals surface area contributed by atoms with Crippen LogP contribution < -0.4 is 0 Å². The van der Waals surface area contributed by atoms with Crippen LogP contribution in [0.1, 0.15) is 34.6 Å². The summed E-state index contributed by atoms with van der Waals surface area (Å²) in [7, 11) is 6.25. The average Bonchev–Trinajstić information content (AvgIpc) is 2.21. The van der Waals surface area contributed by atoms with E-state index in [-0.39, 0.29) is 0 Å². The predicted molar refractivity (Wildman–Crippen MR) is 82.1 cm³/mol. The molecule has 0 saturated heterocycles. The highest BCUT2D eigenvalue weighted by Gasteiger charge is 2.07. The summed E-state index contributed by atoms with van der Waals surface area (Å²) in [5.74, 6) is 2.33. The van der Waals surface area contributed by atoms with E-state index in [0.717, 1.165) is 18.9 Å². The SMILES string of the molecule is C/C(=C\C(=N\CC(C)C)N(C)CC(C)C)N(C)C. The lowest BCUT2D eigenvalue weighted by molar-refractivity contribution is 0.423. The van der Waals surface area contributed by atoms with Gasteiger partial charge < -0.3 is 9.80 Å². The van der Waals surface area contributed by atoms with E-state index in [4.69, 9.17) is 4.99 Å². The minimum Gasteiger partial charge on any atom is -0.381 e. The molecule has 0 N–H and O–H groups in total. The average molecular weight is 253 g/mol. The summed E-state index contributed by atoms with van der Waals surface area (Å²) in [6.07, 6.45) is 2.17. The third-order valence-electron chi connectivity index (χ3n) is 2.69. The van der Waals surface area contributed by atoms with E-state index >= 15 is 0 Å². The summed E-state index contributed by atoms with van der Waals surface area (Å²) in [4.78, 5) is 9.11. The van der Waals surface area contributed by atoms with Gasteiger partial charge >= 0.3 is 0 Å². The monoisotopic (exact) mass is 253 g/mol. The van der Waals surface area contributed by atoms with Gasteiger partial charge in [0.1, 0.15) is 5.84 Å². The fourth-order valence-electron chi connectivity index (χ4n) is 1.51. The number of allylic oxidation sites excluding steroid dienone is 1. The van der Waals surface area contributed by atoms with Crippen LogP contribution in [-0.2, 0) is 0 Å². The van der Waals surface area contributed by atoms with E-state index in [0.29, 0.717) is 11.8 Å². The Labute approximate surface area is 114 Å². The van der Waals surface area contributed by atoms with E-state index < -0.39 is 0 Å². The van der Waals surface area contributed by atoms with Crippen molar-refractivity contribution in [2.45, 2.75) is 34.6 Å². The second-order valence-corrected chi connectivity index (χ2v) is 6.05. The first-order chi connectivity index (χ1) is 8.23. The highest BCUT2D eigenvalue weighted by atomic mass is 15.2. The predicted octanol–water partition coefficient (Wildman–Crippen LogP) is 3.09. The number of rotatable bonds is 6. The normalized spacial score (nSPS) is 13.4. The lowest BCUT2D eigenvalue weighted by atomic mass is 10.2. The van der Waals surface area contributed by atoms with Crippen LogP contribution in [0.25, 0.3) is 0 Å². The van der Waals surface area contributed by atoms with Gasteiger partial charge in [-0.15, -0.1) is 0 Å². The van der Waals surface area contributed by atoms with Crippen LogP contribution in [0.15, 0.2) is 16.8 Å². The molecule has 0 aromatic carbocycles. The van der Waals surface area contributed by atoms with Crippen molar-refractivity contribution < 1.29 is 0 Å². The molecule has 0 saturated carbocycles. The van der Waals surface area contributed by atoms with Gasteiger partial charge in [-0.2, -0.15) is 0 Å². The zero-order chi connectivity index (χ0) is 14.3. The van der Waals surface area contributed by atoms with Gasteiger partial charge in [0.15, 0.2) is 0 Å². The quantitative estimate of drug-likeness (QED) is 0.535. The minimum atomic E-state index is 0.598. The summed E-state index contributed by atoms with van der Waals surface area (Å²) in [5.41, 5.74) is 1.23. The third kappa shape index (κ3) is 7.36. The van der Waals surface area contributed by atoms with Crippen LogP contribution in [-0.4, -0.2) is 49.9 Å². The Morgan fingerprint density at radius 3 is 2.00 bits per heavy atom. The molecule has 0 radical (unpaired) electrons. The molecule has 0 aromatic heterocycles. The topological polar surface area (TPSA) is 18.8 Å². The zero-order valence-electron chi connectivity index (χ0n) is 13.5. The molecule has 0 heterocycles. The van der Waals surface area contributed by atoms with Gasteiger partial charge in [0.05, 0.1) is 0 Å². The molecular formula is C15H31N3. The molecule has 0 atom stereocenters. The first-order valence-corrected chi connectivity index (χ1v) is 6.85. The summed E-state index contributed by atoms with van der Waals surface area (Å²) < 4.78 is 0. The smallest absolute Gasteiger partial charge is 0.124 e. The van der Waals surface area contributed by atoms with Gasteiger partial charge in [-0.1, -0.05) is 27.7 Å². The molecule has 0 aliphatic carbocycles. The number of aliphatic imine (C=N–C) groups is 1. The second-order valence-electron chi connectivity index (χ2n) is 6.05. The highest BCUT2D eigenvalue weighted by Crippen LogP contribution is 2.04. The Balaban J connectivity index is 4.93. The van der Waals surface area contributed by atoms with Crippen molar-refractivity contribution >= 4 is 5.84 Å². The molecule has 3 nitrogen and oxygen atoms in total. The van der Waals surface area contributed by atoms with E-state index in [1.165, 1.54) is 5.70 Å². The fourth-order valence-corrected chi connectivity index (χ4v) is 1.51. The standard InChI is InChI=1S/C15H31N3/c1-12(2)10-16-15(9-14(5)17(6)7)18(8)11-13(3)4/h9,12-13H,10-11H2,1-8H3/b14-9+,16-15-. The zero-order valence-corrected chi connectivity index (χ0v) is 13.5. The second kappa shape index (κ2) is 8.17. The summed E-state index contributed by atoms with van der Waals surface area (Å²) in [6.45, 7) is 12.9. The highest BCUT2D eigenvalue weighted by molar-refractivity contribution is 5.93. The van der Waals surface area contributed by atoms with E-state index in [1.807, 2.05) is 0 Å². The molecule has 0 amide bonds. The van der Waals surface area contributed by atoms with Crippen molar-refractivity contribution in [2.24, 2.45) is 16.8 Å². The van der Waals surface area contributed by atoms with Crippen molar-refractivity contribution in [3.63, 3.8) is 0 Å².